The van der Waals surface area contributed by atoms with Crippen molar-refractivity contribution in [3.05, 3.63) is 57.6 Å². The first kappa shape index (κ1) is 16.7. The van der Waals surface area contributed by atoms with Crippen LogP contribution in [0.3, 0.4) is 0 Å². The summed E-state index contributed by atoms with van der Waals surface area (Å²) in [5.41, 5.74) is 0.349. The van der Waals surface area contributed by atoms with E-state index in [4.69, 9.17) is 21.1 Å². The molecule has 0 saturated heterocycles. The van der Waals surface area contributed by atoms with Crippen LogP contribution in [0.25, 0.3) is 10.9 Å². The van der Waals surface area contributed by atoms with Crippen LogP contribution in [-0.2, 0) is 5.75 Å². The number of hydrogen-bond acceptors (Lipinski definition) is 5. The van der Waals surface area contributed by atoms with Crippen LogP contribution < -0.4 is 15.0 Å². The molecular weight excluding hydrogens is 348 g/mol. The lowest BCUT2D eigenvalue weighted by molar-refractivity contribution is 0.355. The molecule has 7 heteroatoms. The highest BCUT2D eigenvalue weighted by atomic mass is 35.5. The van der Waals surface area contributed by atoms with Gasteiger partial charge in [0, 0.05) is 11.0 Å². The highest BCUT2D eigenvalue weighted by Gasteiger charge is 2.11. The molecule has 0 saturated carbocycles. The summed E-state index contributed by atoms with van der Waals surface area (Å²) in [4.78, 5) is 20.6. The Bertz CT molecular complexity index is 943. The number of methoxy groups -OCH3 is 2. The Balaban J connectivity index is 1.95. The van der Waals surface area contributed by atoms with Gasteiger partial charge in [0.25, 0.3) is 5.56 Å². The van der Waals surface area contributed by atoms with E-state index in [2.05, 4.69) is 9.97 Å². The molecule has 5 nitrogen and oxygen atoms in total. The van der Waals surface area contributed by atoms with E-state index in [1.165, 1.54) is 18.9 Å². The van der Waals surface area contributed by atoms with E-state index in [1.54, 1.807) is 19.2 Å². The summed E-state index contributed by atoms with van der Waals surface area (Å²) in [6.45, 7) is 0. The zero-order valence-corrected chi connectivity index (χ0v) is 14.7. The molecule has 124 valence electrons. The number of ether oxygens (including phenoxy) is 2. The maximum atomic E-state index is 12.3. The van der Waals surface area contributed by atoms with E-state index >= 15 is 0 Å². The normalized spacial score (nSPS) is 10.8. The third-order valence-corrected chi connectivity index (χ3v) is 4.99. The average molecular weight is 363 g/mol. The van der Waals surface area contributed by atoms with Gasteiger partial charge in [-0.1, -0.05) is 23.7 Å². The summed E-state index contributed by atoms with van der Waals surface area (Å²) >= 11 is 7.66. The predicted molar refractivity (Wildman–Crippen MR) is 96.5 cm³/mol. The molecule has 0 spiro atoms. The highest BCUT2D eigenvalue weighted by molar-refractivity contribution is 7.98. The highest BCUT2D eigenvalue weighted by Crippen LogP contribution is 2.31. The number of aromatic amines is 1. The molecule has 1 aromatic heterocycles. The summed E-state index contributed by atoms with van der Waals surface area (Å²) in [7, 11) is 3.07. The number of H-pyrrole nitrogens is 1. The van der Waals surface area contributed by atoms with Gasteiger partial charge in [0.15, 0.2) is 11.5 Å². The quantitative estimate of drug-likeness (QED) is 0.698. The molecule has 0 radical (unpaired) electrons. The standard InChI is InChI=1S/C17H15ClN2O3S/c1-22-13-7-10-12(8-14(13)23-2)19-16(20-17(10)21)9-24-15-6-4-3-5-11(15)18/h3-8H,9H2,1-2H3,(H,19,20,21). The van der Waals surface area contributed by atoms with Gasteiger partial charge in [-0.2, -0.15) is 0 Å². The number of aromatic nitrogens is 2. The van der Waals surface area contributed by atoms with E-state index < -0.39 is 0 Å². The molecule has 0 amide bonds. The fourth-order valence-electron chi connectivity index (χ4n) is 2.29. The van der Waals surface area contributed by atoms with Crippen LogP contribution in [0, 0.1) is 0 Å². The lowest BCUT2D eigenvalue weighted by atomic mass is 10.2. The SMILES string of the molecule is COc1cc2nc(CSc3ccccc3Cl)[nH]c(=O)c2cc1OC. The fourth-order valence-corrected chi connectivity index (χ4v) is 3.40. The fraction of sp³-hybridized carbons (Fsp3) is 0.176. The molecule has 0 fully saturated rings. The van der Waals surface area contributed by atoms with Crippen LogP contribution in [-0.4, -0.2) is 24.2 Å². The lowest BCUT2D eigenvalue weighted by Crippen LogP contribution is -2.11. The summed E-state index contributed by atoms with van der Waals surface area (Å²) in [5, 5.41) is 1.14. The van der Waals surface area contributed by atoms with Gasteiger partial charge in [0.05, 0.1) is 35.9 Å². The van der Waals surface area contributed by atoms with E-state index in [0.717, 1.165) is 4.90 Å². The Hall–Kier alpha value is -2.18. The number of fused-ring (bicyclic) bond motifs is 1. The summed E-state index contributed by atoms with van der Waals surface area (Å²) in [5.74, 6) is 2.11. The number of benzene rings is 2. The van der Waals surface area contributed by atoms with Crippen LogP contribution in [0.5, 0.6) is 11.5 Å². The lowest BCUT2D eigenvalue weighted by Gasteiger charge is -2.09. The van der Waals surface area contributed by atoms with Crippen LogP contribution in [0.4, 0.5) is 0 Å². The van der Waals surface area contributed by atoms with Crippen molar-refractivity contribution in [2.24, 2.45) is 0 Å². The van der Waals surface area contributed by atoms with E-state index in [9.17, 15) is 4.79 Å². The van der Waals surface area contributed by atoms with Crippen LogP contribution in [0.1, 0.15) is 5.82 Å². The molecule has 0 aliphatic rings. The second-order valence-corrected chi connectivity index (χ2v) is 6.38. The van der Waals surface area contributed by atoms with Gasteiger partial charge in [-0.05, 0) is 18.2 Å². The first-order valence-corrected chi connectivity index (χ1v) is 8.51. The average Bonchev–Trinajstić information content (AvgIpc) is 2.60. The van der Waals surface area contributed by atoms with Gasteiger partial charge in [0.1, 0.15) is 5.82 Å². The molecule has 0 aliphatic heterocycles. The Kier molecular flexibility index (Phi) is 4.97. The van der Waals surface area contributed by atoms with Gasteiger partial charge >= 0.3 is 0 Å². The Labute approximate surface area is 148 Å². The molecule has 0 bridgehead atoms. The molecule has 3 aromatic rings. The Morgan fingerprint density at radius 1 is 1.17 bits per heavy atom. The minimum atomic E-state index is -0.212. The third-order valence-electron chi connectivity index (χ3n) is 3.46. The number of halogens is 1. The topological polar surface area (TPSA) is 64.2 Å². The second-order valence-electron chi connectivity index (χ2n) is 4.96. The molecule has 0 atom stereocenters. The first-order valence-electron chi connectivity index (χ1n) is 7.14. The maximum Gasteiger partial charge on any atom is 0.258 e. The molecule has 3 rings (SSSR count). The number of hydrogen-bond donors (Lipinski definition) is 1. The van der Waals surface area contributed by atoms with Gasteiger partial charge < -0.3 is 14.5 Å². The summed E-state index contributed by atoms with van der Waals surface area (Å²) in [6, 6.07) is 10.9. The monoisotopic (exact) mass is 362 g/mol. The van der Waals surface area contributed by atoms with E-state index in [-0.39, 0.29) is 5.56 Å². The number of rotatable bonds is 5. The first-order chi connectivity index (χ1) is 11.6. The number of nitrogens with one attached hydrogen (secondary N) is 1. The smallest absolute Gasteiger partial charge is 0.258 e. The van der Waals surface area contributed by atoms with Gasteiger partial charge in [-0.25, -0.2) is 4.98 Å². The number of nitrogens with zero attached hydrogens (tertiary/aromatic N) is 1. The van der Waals surface area contributed by atoms with Crippen molar-refractivity contribution in [2.75, 3.05) is 14.2 Å². The third kappa shape index (κ3) is 3.34. The van der Waals surface area contributed by atoms with Gasteiger partial charge in [-0.3, -0.25) is 4.79 Å². The maximum absolute atomic E-state index is 12.3. The summed E-state index contributed by atoms with van der Waals surface area (Å²) in [6.07, 6.45) is 0. The van der Waals surface area contributed by atoms with Crippen molar-refractivity contribution in [1.82, 2.24) is 9.97 Å². The molecule has 24 heavy (non-hydrogen) atoms. The number of thioether (sulfide) groups is 1. The minimum Gasteiger partial charge on any atom is -0.493 e. The molecule has 2 aromatic carbocycles. The second kappa shape index (κ2) is 7.15. The zero-order valence-electron chi connectivity index (χ0n) is 13.1. The molecule has 1 heterocycles. The van der Waals surface area contributed by atoms with Crippen molar-refractivity contribution in [3.8, 4) is 11.5 Å². The van der Waals surface area contributed by atoms with Gasteiger partial charge in [0.2, 0.25) is 0 Å². The Morgan fingerprint density at radius 2 is 1.88 bits per heavy atom. The van der Waals surface area contributed by atoms with Crippen molar-refractivity contribution in [1.29, 1.82) is 0 Å². The van der Waals surface area contributed by atoms with Crippen molar-refractivity contribution >= 4 is 34.3 Å². The van der Waals surface area contributed by atoms with Crippen LogP contribution >= 0.6 is 23.4 Å². The van der Waals surface area contributed by atoms with Crippen molar-refractivity contribution in [3.63, 3.8) is 0 Å². The van der Waals surface area contributed by atoms with Crippen molar-refractivity contribution < 1.29 is 9.47 Å². The largest absolute Gasteiger partial charge is 0.493 e. The summed E-state index contributed by atoms with van der Waals surface area (Å²) < 4.78 is 10.5. The molecule has 0 unspecified atom stereocenters. The van der Waals surface area contributed by atoms with E-state index in [0.29, 0.717) is 39.0 Å². The van der Waals surface area contributed by atoms with Crippen LogP contribution in [0.15, 0.2) is 46.1 Å². The molecule has 1 N–H and O–H groups in total. The molecular formula is C17H15ClN2O3S. The Morgan fingerprint density at radius 3 is 2.58 bits per heavy atom. The molecule has 0 aliphatic carbocycles. The zero-order chi connectivity index (χ0) is 17.1. The predicted octanol–water partition coefficient (Wildman–Crippen LogP) is 3.89. The van der Waals surface area contributed by atoms with E-state index in [1.807, 2.05) is 24.3 Å². The van der Waals surface area contributed by atoms with Crippen molar-refractivity contribution in [2.45, 2.75) is 10.6 Å². The minimum absolute atomic E-state index is 0.212. The van der Waals surface area contributed by atoms with Gasteiger partial charge in [-0.15, -0.1) is 11.8 Å². The van der Waals surface area contributed by atoms with Crippen LogP contribution in [0.2, 0.25) is 5.02 Å².